The Morgan fingerprint density at radius 3 is 2.33 bits per heavy atom. The SMILES string of the molecule is CCC(C)(C)c1ccc(C(O)c2cc(Cl)ccc2I)cc1. The molecule has 0 aliphatic rings. The minimum atomic E-state index is -0.644. The first-order valence-corrected chi connectivity index (χ1v) is 8.54. The predicted octanol–water partition coefficient (Wildman–Crippen LogP) is 5.71. The molecule has 3 heteroatoms. The van der Waals surface area contributed by atoms with Crippen molar-refractivity contribution in [1.82, 2.24) is 0 Å². The standard InChI is InChI=1S/C18H20ClIO/c1-4-18(2,3)13-7-5-12(6-8-13)17(21)15-11-14(19)9-10-16(15)20/h5-11,17,21H,4H2,1-3H3. The first kappa shape index (κ1) is 16.8. The highest BCUT2D eigenvalue weighted by Crippen LogP contribution is 2.31. The fourth-order valence-electron chi connectivity index (χ4n) is 2.22. The molecule has 112 valence electrons. The average Bonchev–Trinajstić information content (AvgIpc) is 2.49. The van der Waals surface area contributed by atoms with Crippen molar-refractivity contribution in [3.05, 3.63) is 67.7 Å². The van der Waals surface area contributed by atoms with E-state index in [1.807, 2.05) is 30.3 Å². The topological polar surface area (TPSA) is 20.2 Å². The first-order chi connectivity index (χ1) is 9.85. The number of halogens is 2. The van der Waals surface area contributed by atoms with E-state index in [1.165, 1.54) is 5.56 Å². The molecule has 0 aliphatic heterocycles. The van der Waals surface area contributed by atoms with Gasteiger partial charge in [-0.25, -0.2) is 0 Å². The molecule has 0 saturated heterocycles. The molecule has 0 radical (unpaired) electrons. The van der Waals surface area contributed by atoms with Crippen LogP contribution in [0.15, 0.2) is 42.5 Å². The third-order valence-corrected chi connectivity index (χ3v) is 5.36. The van der Waals surface area contributed by atoms with Crippen LogP contribution in [0.2, 0.25) is 5.02 Å². The minimum Gasteiger partial charge on any atom is -0.384 e. The van der Waals surface area contributed by atoms with Crippen LogP contribution in [0.1, 0.15) is 50.0 Å². The molecule has 0 aliphatic carbocycles. The Balaban J connectivity index is 2.32. The van der Waals surface area contributed by atoms with Gasteiger partial charge in [-0.2, -0.15) is 0 Å². The molecule has 0 amide bonds. The molecule has 1 nitrogen and oxygen atoms in total. The Bertz CT molecular complexity index is 620. The van der Waals surface area contributed by atoms with Gasteiger partial charge in [-0.3, -0.25) is 0 Å². The van der Waals surface area contributed by atoms with Crippen molar-refractivity contribution in [1.29, 1.82) is 0 Å². The maximum atomic E-state index is 10.6. The highest BCUT2D eigenvalue weighted by molar-refractivity contribution is 14.1. The molecule has 1 N–H and O–H groups in total. The maximum absolute atomic E-state index is 10.6. The zero-order valence-electron chi connectivity index (χ0n) is 12.5. The van der Waals surface area contributed by atoms with E-state index in [0.717, 1.165) is 21.1 Å². The van der Waals surface area contributed by atoms with E-state index in [1.54, 1.807) is 0 Å². The van der Waals surface area contributed by atoms with Crippen LogP contribution in [0.4, 0.5) is 0 Å². The van der Waals surface area contributed by atoms with Crippen molar-refractivity contribution in [2.45, 2.75) is 38.7 Å². The first-order valence-electron chi connectivity index (χ1n) is 7.08. The van der Waals surface area contributed by atoms with Gasteiger partial charge in [0.05, 0.1) is 0 Å². The number of aliphatic hydroxyl groups is 1. The molecule has 0 fully saturated rings. The lowest BCUT2D eigenvalue weighted by Gasteiger charge is -2.24. The summed E-state index contributed by atoms with van der Waals surface area (Å²) in [6.07, 6.45) is 0.440. The van der Waals surface area contributed by atoms with Crippen LogP contribution in [0.25, 0.3) is 0 Å². The van der Waals surface area contributed by atoms with E-state index in [4.69, 9.17) is 11.6 Å². The molecule has 0 heterocycles. The van der Waals surface area contributed by atoms with E-state index in [2.05, 4.69) is 55.5 Å². The second-order valence-corrected chi connectivity index (χ2v) is 7.53. The van der Waals surface area contributed by atoms with E-state index in [0.29, 0.717) is 5.02 Å². The zero-order valence-corrected chi connectivity index (χ0v) is 15.4. The summed E-state index contributed by atoms with van der Waals surface area (Å²) in [6, 6.07) is 13.8. The summed E-state index contributed by atoms with van der Waals surface area (Å²) in [5.74, 6) is 0. The summed E-state index contributed by atoms with van der Waals surface area (Å²) in [5, 5.41) is 11.2. The fourth-order valence-corrected chi connectivity index (χ4v) is 3.04. The Labute approximate surface area is 145 Å². The lowest BCUT2D eigenvalue weighted by molar-refractivity contribution is 0.219. The van der Waals surface area contributed by atoms with Crippen LogP contribution in [0.3, 0.4) is 0 Å². The number of aliphatic hydroxyl groups excluding tert-OH is 1. The molecule has 2 aromatic rings. The molecular formula is C18H20ClIO. The Morgan fingerprint density at radius 2 is 1.76 bits per heavy atom. The molecule has 0 aromatic heterocycles. The summed E-state index contributed by atoms with van der Waals surface area (Å²) in [7, 11) is 0. The van der Waals surface area contributed by atoms with Gasteiger partial charge in [0.2, 0.25) is 0 Å². The van der Waals surface area contributed by atoms with E-state index < -0.39 is 6.10 Å². The molecule has 2 rings (SSSR count). The Kier molecular flexibility index (Phi) is 5.33. The van der Waals surface area contributed by atoms with E-state index in [-0.39, 0.29) is 5.41 Å². The molecule has 21 heavy (non-hydrogen) atoms. The smallest absolute Gasteiger partial charge is 0.105 e. The molecular weight excluding hydrogens is 395 g/mol. The summed E-state index contributed by atoms with van der Waals surface area (Å²) in [6.45, 7) is 6.66. The van der Waals surface area contributed by atoms with Gasteiger partial charge in [0.1, 0.15) is 6.10 Å². The lowest BCUT2D eigenvalue weighted by Crippen LogP contribution is -2.15. The third-order valence-electron chi connectivity index (χ3n) is 4.14. The third kappa shape index (κ3) is 3.79. The Morgan fingerprint density at radius 1 is 1.14 bits per heavy atom. The largest absolute Gasteiger partial charge is 0.384 e. The molecule has 1 unspecified atom stereocenters. The second-order valence-electron chi connectivity index (χ2n) is 5.93. The van der Waals surface area contributed by atoms with Gasteiger partial charge in [-0.15, -0.1) is 0 Å². The second kappa shape index (κ2) is 6.67. The maximum Gasteiger partial charge on any atom is 0.105 e. The minimum absolute atomic E-state index is 0.161. The van der Waals surface area contributed by atoms with Crippen molar-refractivity contribution in [3.8, 4) is 0 Å². The van der Waals surface area contributed by atoms with Gasteiger partial charge in [-0.1, -0.05) is 56.6 Å². The number of hydrogen-bond donors (Lipinski definition) is 1. The van der Waals surface area contributed by atoms with Gasteiger partial charge in [0.25, 0.3) is 0 Å². The van der Waals surface area contributed by atoms with E-state index >= 15 is 0 Å². The van der Waals surface area contributed by atoms with Crippen molar-refractivity contribution < 1.29 is 5.11 Å². The van der Waals surface area contributed by atoms with Crippen LogP contribution < -0.4 is 0 Å². The van der Waals surface area contributed by atoms with Crippen molar-refractivity contribution in [2.75, 3.05) is 0 Å². The van der Waals surface area contributed by atoms with Gasteiger partial charge in [0, 0.05) is 8.59 Å². The molecule has 1 atom stereocenters. The lowest BCUT2D eigenvalue weighted by atomic mass is 9.82. The summed E-state index contributed by atoms with van der Waals surface area (Å²) >= 11 is 8.26. The van der Waals surface area contributed by atoms with E-state index in [9.17, 15) is 5.11 Å². The quantitative estimate of drug-likeness (QED) is 0.635. The highest BCUT2D eigenvalue weighted by atomic mass is 127. The average molecular weight is 415 g/mol. The van der Waals surface area contributed by atoms with Gasteiger partial charge < -0.3 is 5.11 Å². The van der Waals surface area contributed by atoms with Crippen molar-refractivity contribution in [3.63, 3.8) is 0 Å². The number of rotatable bonds is 4. The van der Waals surface area contributed by atoms with Crippen LogP contribution in [0, 0.1) is 3.57 Å². The molecule has 0 saturated carbocycles. The molecule has 0 bridgehead atoms. The van der Waals surface area contributed by atoms with Crippen LogP contribution in [-0.2, 0) is 5.41 Å². The Hall–Kier alpha value is -0.580. The zero-order chi connectivity index (χ0) is 15.6. The normalized spacial score (nSPS) is 13.2. The van der Waals surface area contributed by atoms with Crippen molar-refractivity contribution in [2.24, 2.45) is 0 Å². The summed E-state index contributed by atoms with van der Waals surface area (Å²) < 4.78 is 1.02. The summed E-state index contributed by atoms with van der Waals surface area (Å²) in [4.78, 5) is 0. The van der Waals surface area contributed by atoms with Crippen molar-refractivity contribution >= 4 is 34.2 Å². The summed E-state index contributed by atoms with van der Waals surface area (Å²) in [5.41, 5.74) is 3.20. The number of hydrogen-bond acceptors (Lipinski definition) is 1. The number of benzene rings is 2. The fraction of sp³-hybridized carbons (Fsp3) is 0.333. The predicted molar refractivity (Wildman–Crippen MR) is 98.0 cm³/mol. The monoisotopic (exact) mass is 414 g/mol. The van der Waals surface area contributed by atoms with Gasteiger partial charge in [0.15, 0.2) is 0 Å². The molecule has 2 aromatic carbocycles. The van der Waals surface area contributed by atoms with Gasteiger partial charge in [-0.05, 0) is 69.3 Å². The van der Waals surface area contributed by atoms with Crippen LogP contribution in [-0.4, -0.2) is 5.11 Å². The van der Waals surface area contributed by atoms with Gasteiger partial charge >= 0.3 is 0 Å². The van der Waals surface area contributed by atoms with Crippen LogP contribution >= 0.6 is 34.2 Å². The molecule has 0 spiro atoms. The highest BCUT2D eigenvalue weighted by Gasteiger charge is 2.19. The van der Waals surface area contributed by atoms with Crippen LogP contribution in [0.5, 0.6) is 0 Å².